The number of carboxylic acids is 1. The summed E-state index contributed by atoms with van der Waals surface area (Å²) in [6.45, 7) is 4.80. The molecule has 1 saturated heterocycles. The van der Waals surface area contributed by atoms with E-state index in [2.05, 4.69) is 20.9 Å². The van der Waals surface area contributed by atoms with Gasteiger partial charge in [-0.2, -0.15) is 0 Å². The minimum atomic E-state index is -1.04. The van der Waals surface area contributed by atoms with Gasteiger partial charge in [0.25, 0.3) is 5.56 Å². The number of carbonyl (C=O) groups is 2. The van der Waals surface area contributed by atoms with Crippen LogP contribution < -0.4 is 26.2 Å². The number of carbonyl (C=O) groups excluding carboxylic acids is 1. The highest BCUT2D eigenvalue weighted by Gasteiger charge is 2.45. The number of allylic oxidation sites excluding steroid dienone is 4. The molecule has 13 heteroatoms. The third-order valence-electron chi connectivity index (χ3n) is 9.45. The second-order valence-corrected chi connectivity index (χ2v) is 14.4. The first kappa shape index (κ1) is 36.2. The zero-order valence-electron chi connectivity index (χ0n) is 28.6. The third-order valence-corrected chi connectivity index (χ3v) is 10.4. The van der Waals surface area contributed by atoms with Crippen LogP contribution in [0.1, 0.15) is 61.1 Å². The van der Waals surface area contributed by atoms with Gasteiger partial charge in [0.1, 0.15) is 5.65 Å². The second-order valence-electron chi connectivity index (χ2n) is 13.5. The van der Waals surface area contributed by atoms with Gasteiger partial charge < -0.3 is 25.8 Å². The molecule has 266 valence electrons. The second kappa shape index (κ2) is 15.0. The van der Waals surface area contributed by atoms with Gasteiger partial charge in [0, 0.05) is 60.6 Å². The molecule has 4 heterocycles. The number of carboxylic acid groups (broad SMARTS) is 1. The molecule has 2 aliphatic rings. The summed E-state index contributed by atoms with van der Waals surface area (Å²) in [6.07, 6.45) is 10.3. The predicted octanol–water partition coefficient (Wildman–Crippen LogP) is 5.01. The first-order valence-corrected chi connectivity index (χ1v) is 17.5. The summed E-state index contributed by atoms with van der Waals surface area (Å²) in [5.74, 6) is -0.433. The number of hydrogen-bond donors (Lipinski definition) is 4. The highest BCUT2D eigenvalue weighted by molar-refractivity contribution is 6.34. The fourth-order valence-corrected chi connectivity index (χ4v) is 7.48. The lowest BCUT2D eigenvalue weighted by atomic mass is 9.69. The van der Waals surface area contributed by atoms with Crippen LogP contribution in [0.2, 0.25) is 5.02 Å². The molecule has 1 amide bonds. The van der Waals surface area contributed by atoms with E-state index in [4.69, 9.17) is 32.9 Å². The number of nitrogens with one attached hydrogen (secondary N) is 3. The Morgan fingerprint density at radius 2 is 1.96 bits per heavy atom. The smallest absolute Gasteiger partial charge is 0.305 e. The Labute approximate surface area is 305 Å². The third kappa shape index (κ3) is 7.57. The number of halogens is 2. The maximum Gasteiger partial charge on any atom is 0.305 e. The Morgan fingerprint density at radius 3 is 2.69 bits per heavy atom. The van der Waals surface area contributed by atoms with Crippen LogP contribution in [0, 0.1) is 0 Å². The number of rotatable bonds is 13. The topological polar surface area (TPSA) is 147 Å². The molecular formula is C38H40Cl2N6O5. The van der Waals surface area contributed by atoms with Gasteiger partial charge in [0.05, 0.1) is 35.6 Å². The molecule has 3 aromatic heterocycles. The number of alkyl halides is 1. The minimum Gasteiger partial charge on any atom is -0.481 e. The van der Waals surface area contributed by atoms with Crippen LogP contribution in [0.4, 0.5) is 0 Å². The average molecular weight is 732 g/mol. The molecule has 0 saturated carbocycles. The molecule has 3 atom stereocenters. The molecule has 11 nitrogen and oxygen atoms in total. The van der Waals surface area contributed by atoms with E-state index in [-0.39, 0.29) is 30.5 Å². The molecule has 1 aliphatic heterocycles. The standard InChI is InChI=1S/C38H40Cl2N6O5/c1-37(2,18-33(48)49)43-21-24-20-42-31-17-25(14-16-46(31)36(24)50)38(15-6-8-28(34(38)40)27-7-4-5-9-29(27)39)30-12-10-23(35(45-30)51-3)19-41-22-26-11-13-32(47)44-26/h4-10,12,14-17,20,26,34,41,43H,11,13,18-19,21-22H2,1-3H3,(H,44,47)(H,48,49)/t26?,34-,38?/m0/s1. The Balaban J connectivity index is 1.39. The summed E-state index contributed by atoms with van der Waals surface area (Å²) in [4.78, 5) is 46.2. The molecular weight excluding hydrogens is 691 g/mol. The SMILES string of the molecule is COc1nc(C2(c3ccn4c(=O)c(CNC(C)(C)CC(=O)O)cnc4c3)C=CC=C(c3ccccc3Cl)[C@@H]2Cl)ccc1CNCC1CCC(=O)N1. The zero-order chi connectivity index (χ0) is 36.3. The molecule has 1 aliphatic carbocycles. The number of pyridine rings is 2. The number of fused-ring (bicyclic) bond motifs is 1. The normalized spacial score (nSPS) is 20.3. The number of nitrogens with zero attached hydrogens (tertiary/aromatic N) is 3. The lowest BCUT2D eigenvalue weighted by Crippen LogP contribution is -2.42. The van der Waals surface area contributed by atoms with Gasteiger partial charge in [-0.15, -0.1) is 11.6 Å². The van der Waals surface area contributed by atoms with Crippen molar-refractivity contribution < 1.29 is 19.4 Å². The van der Waals surface area contributed by atoms with Crippen molar-refractivity contribution >= 4 is 46.3 Å². The van der Waals surface area contributed by atoms with Gasteiger partial charge in [-0.1, -0.05) is 54.1 Å². The van der Waals surface area contributed by atoms with E-state index < -0.39 is 22.3 Å². The largest absolute Gasteiger partial charge is 0.481 e. The monoisotopic (exact) mass is 730 g/mol. The average Bonchev–Trinajstić information content (AvgIpc) is 3.52. The van der Waals surface area contributed by atoms with Crippen molar-refractivity contribution in [3.63, 3.8) is 0 Å². The number of amides is 1. The van der Waals surface area contributed by atoms with Crippen molar-refractivity contribution in [2.45, 2.75) is 68.6 Å². The van der Waals surface area contributed by atoms with Crippen LogP contribution >= 0.6 is 23.2 Å². The van der Waals surface area contributed by atoms with Gasteiger partial charge >= 0.3 is 5.97 Å². The van der Waals surface area contributed by atoms with Crippen molar-refractivity contribution in [1.82, 2.24) is 30.3 Å². The summed E-state index contributed by atoms with van der Waals surface area (Å²) in [6, 6.07) is 15.2. The fraction of sp³-hybridized carbons (Fsp3) is 0.342. The maximum atomic E-state index is 13.6. The van der Waals surface area contributed by atoms with Crippen molar-refractivity contribution in [2.75, 3.05) is 13.7 Å². The number of aromatic nitrogens is 3. The number of ether oxygens (including phenoxy) is 1. The molecule has 1 fully saturated rings. The highest BCUT2D eigenvalue weighted by atomic mass is 35.5. The van der Waals surface area contributed by atoms with E-state index in [9.17, 15) is 19.5 Å². The molecule has 0 spiro atoms. The number of benzene rings is 1. The van der Waals surface area contributed by atoms with Gasteiger partial charge in [-0.05, 0) is 61.2 Å². The van der Waals surface area contributed by atoms with Crippen LogP contribution in [0.25, 0.3) is 11.2 Å². The van der Waals surface area contributed by atoms with E-state index in [1.54, 1.807) is 27.2 Å². The number of aliphatic carboxylic acids is 1. The quantitative estimate of drug-likeness (QED) is 0.140. The first-order chi connectivity index (χ1) is 24.4. The van der Waals surface area contributed by atoms with Crippen molar-refractivity contribution in [2.24, 2.45) is 0 Å². The molecule has 4 N–H and O–H groups in total. The molecule has 0 radical (unpaired) electrons. The highest BCUT2D eigenvalue weighted by Crippen LogP contribution is 2.48. The number of hydrogen-bond acceptors (Lipinski definition) is 8. The van der Waals surface area contributed by atoms with E-state index in [1.807, 2.05) is 66.8 Å². The molecule has 51 heavy (non-hydrogen) atoms. The van der Waals surface area contributed by atoms with Crippen LogP contribution in [0.3, 0.4) is 0 Å². The molecule has 6 rings (SSSR count). The Kier molecular flexibility index (Phi) is 10.6. The molecule has 2 unspecified atom stereocenters. The van der Waals surface area contributed by atoms with Gasteiger partial charge in [0.15, 0.2) is 0 Å². The Hall–Kier alpha value is -4.55. The van der Waals surface area contributed by atoms with E-state index in [0.717, 1.165) is 28.7 Å². The number of methoxy groups -OCH3 is 1. The summed E-state index contributed by atoms with van der Waals surface area (Å²) < 4.78 is 7.28. The first-order valence-electron chi connectivity index (χ1n) is 16.7. The van der Waals surface area contributed by atoms with Gasteiger partial charge in [-0.25, -0.2) is 9.97 Å². The van der Waals surface area contributed by atoms with E-state index >= 15 is 0 Å². The molecule has 0 bridgehead atoms. The van der Waals surface area contributed by atoms with Crippen LogP contribution in [-0.2, 0) is 28.1 Å². The van der Waals surface area contributed by atoms with Gasteiger partial charge in [0.2, 0.25) is 11.8 Å². The van der Waals surface area contributed by atoms with Crippen molar-refractivity contribution in [3.8, 4) is 5.88 Å². The van der Waals surface area contributed by atoms with Crippen molar-refractivity contribution in [1.29, 1.82) is 0 Å². The Bertz CT molecular complexity index is 2100. The van der Waals surface area contributed by atoms with Crippen LogP contribution in [-0.4, -0.2) is 62.0 Å². The van der Waals surface area contributed by atoms with E-state index in [0.29, 0.717) is 47.3 Å². The zero-order valence-corrected chi connectivity index (χ0v) is 30.1. The van der Waals surface area contributed by atoms with Crippen molar-refractivity contribution in [3.05, 3.63) is 122 Å². The lowest BCUT2D eigenvalue weighted by molar-refractivity contribution is -0.138. The lowest BCUT2D eigenvalue weighted by Gasteiger charge is -2.39. The fourth-order valence-electron chi connectivity index (χ4n) is 6.73. The maximum absolute atomic E-state index is 13.6. The summed E-state index contributed by atoms with van der Waals surface area (Å²) in [5.41, 5.74) is 2.56. The minimum absolute atomic E-state index is 0.0697. The summed E-state index contributed by atoms with van der Waals surface area (Å²) in [7, 11) is 1.57. The summed E-state index contributed by atoms with van der Waals surface area (Å²) in [5, 5.41) is 18.7. The van der Waals surface area contributed by atoms with Gasteiger partial charge in [-0.3, -0.25) is 18.8 Å². The Morgan fingerprint density at radius 1 is 1.16 bits per heavy atom. The predicted molar refractivity (Wildman–Crippen MR) is 197 cm³/mol. The van der Waals surface area contributed by atoms with E-state index in [1.165, 1.54) is 10.6 Å². The van der Waals surface area contributed by atoms with Crippen LogP contribution in [0.15, 0.2) is 83.9 Å². The molecule has 1 aromatic carbocycles. The molecule has 4 aromatic rings. The van der Waals surface area contributed by atoms with Crippen LogP contribution in [0.5, 0.6) is 5.88 Å². The summed E-state index contributed by atoms with van der Waals surface area (Å²) >= 11 is 14.3.